The Morgan fingerprint density at radius 3 is 2.39 bits per heavy atom. The van der Waals surface area contributed by atoms with Crippen LogP contribution in [-0.4, -0.2) is 68.3 Å². The first-order valence-electron chi connectivity index (χ1n) is 11.3. The van der Waals surface area contributed by atoms with Gasteiger partial charge in [0.1, 0.15) is 10.7 Å². The third kappa shape index (κ3) is 5.84. The number of amides is 1. The number of piperidine rings is 2. The number of pyridine rings is 1. The molecule has 31 heavy (non-hydrogen) atoms. The van der Waals surface area contributed by atoms with Crippen LogP contribution in [0.2, 0.25) is 0 Å². The SMILES string of the molecule is CC(=O)N(C)c1ccc(S(=O)(=O)N2CCCC3(CCN(CCC(C)(C)C)CC3)C2)cn1. The van der Waals surface area contributed by atoms with Crippen molar-refractivity contribution in [2.75, 3.05) is 44.7 Å². The summed E-state index contributed by atoms with van der Waals surface area (Å²) >= 11 is 0. The molecule has 1 spiro atoms. The summed E-state index contributed by atoms with van der Waals surface area (Å²) in [6, 6.07) is 3.16. The molecule has 0 bridgehead atoms. The van der Waals surface area contributed by atoms with Gasteiger partial charge in [0.05, 0.1) is 0 Å². The first kappa shape index (κ1) is 24.1. The summed E-state index contributed by atoms with van der Waals surface area (Å²) in [5, 5.41) is 0. The number of carbonyl (C=O) groups excluding carboxylic acids is 1. The van der Waals surface area contributed by atoms with Gasteiger partial charge in [-0.25, -0.2) is 13.4 Å². The maximum atomic E-state index is 13.3. The molecule has 8 heteroatoms. The Kier molecular flexibility index (Phi) is 7.13. The minimum atomic E-state index is -3.59. The van der Waals surface area contributed by atoms with Crippen LogP contribution in [0.15, 0.2) is 23.2 Å². The van der Waals surface area contributed by atoms with E-state index in [1.807, 2.05) is 0 Å². The van der Waals surface area contributed by atoms with Crippen LogP contribution in [0.3, 0.4) is 0 Å². The molecular weight excluding hydrogens is 412 g/mol. The van der Waals surface area contributed by atoms with Crippen molar-refractivity contribution >= 4 is 21.7 Å². The Morgan fingerprint density at radius 2 is 1.84 bits per heavy atom. The van der Waals surface area contributed by atoms with E-state index < -0.39 is 10.0 Å². The molecule has 0 atom stereocenters. The molecule has 3 rings (SSSR count). The number of carbonyl (C=O) groups is 1. The van der Waals surface area contributed by atoms with E-state index >= 15 is 0 Å². The van der Waals surface area contributed by atoms with Crippen molar-refractivity contribution < 1.29 is 13.2 Å². The van der Waals surface area contributed by atoms with Crippen molar-refractivity contribution in [2.24, 2.45) is 10.8 Å². The molecule has 2 saturated heterocycles. The Bertz CT molecular complexity index is 869. The van der Waals surface area contributed by atoms with Gasteiger partial charge in [0.15, 0.2) is 0 Å². The molecule has 0 radical (unpaired) electrons. The number of likely N-dealkylation sites (tertiary alicyclic amines) is 1. The highest BCUT2D eigenvalue weighted by molar-refractivity contribution is 7.89. The lowest BCUT2D eigenvalue weighted by atomic mass is 9.73. The van der Waals surface area contributed by atoms with Gasteiger partial charge in [-0.15, -0.1) is 0 Å². The Labute approximate surface area is 187 Å². The van der Waals surface area contributed by atoms with Gasteiger partial charge >= 0.3 is 0 Å². The standard InChI is InChI=1S/C23H38N4O3S/c1-19(28)25(5)21-8-7-20(17-24-21)31(29,30)27-13-6-9-23(18-27)11-15-26(16-12-23)14-10-22(2,3)4/h7-8,17H,6,9-16,18H2,1-5H3. The fraction of sp³-hybridized carbons (Fsp3) is 0.739. The highest BCUT2D eigenvalue weighted by Gasteiger charge is 2.42. The molecule has 0 aromatic carbocycles. The number of nitrogens with zero attached hydrogens (tertiary/aromatic N) is 4. The van der Waals surface area contributed by atoms with Crippen LogP contribution in [0.5, 0.6) is 0 Å². The van der Waals surface area contributed by atoms with Crippen LogP contribution in [0.1, 0.15) is 59.8 Å². The van der Waals surface area contributed by atoms with Crippen molar-refractivity contribution in [1.82, 2.24) is 14.2 Å². The minimum absolute atomic E-state index is 0.0891. The highest BCUT2D eigenvalue weighted by Crippen LogP contribution is 2.41. The van der Waals surface area contributed by atoms with Gasteiger partial charge in [-0.05, 0) is 74.7 Å². The summed E-state index contributed by atoms with van der Waals surface area (Å²) in [5.41, 5.74) is 0.430. The molecule has 1 amide bonds. The topological polar surface area (TPSA) is 73.8 Å². The van der Waals surface area contributed by atoms with E-state index in [2.05, 4.69) is 30.7 Å². The smallest absolute Gasteiger partial charge is 0.244 e. The second-order valence-corrected chi connectivity index (χ2v) is 12.5. The Balaban J connectivity index is 1.65. The van der Waals surface area contributed by atoms with E-state index in [-0.39, 0.29) is 16.2 Å². The number of hydrogen-bond acceptors (Lipinski definition) is 5. The van der Waals surface area contributed by atoms with E-state index in [1.165, 1.54) is 24.4 Å². The van der Waals surface area contributed by atoms with E-state index in [1.54, 1.807) is 23.5 Å². The fourth-order valence-corrected chi connectivity index (χ4v) is 6.09. The minimum Gasteiger partial charge on any atom is -0.303 e. The summed E-state index contributed by atoms with van der Waals surface area (Å²) in [5.74, 6) is 0.305. The maximum absolute atomic E-state index is 13.3. The van der Waals surface area contributed by atoms with Crippen molar-refractivity contribution in [1.29, 1.82) is 0 Å². The van der Waals surface area contributed by atoms with Gasteiger partial charge in [0, 0.05) is 33.3 Å². The Hall–Kier alpha value is -1.51. The number of sulfonamides is 1. The van der Waals surface area contributed by atoms with Crippen LogP contribution in [-0.2, 0) is 14.8 Å². The zero-order chi connectivity index (χ0) is 22.9. The number of rotatable bonds is 5. The van der Waals surface area contributed by atoms with Crippen molar-refractivity contribution in [3.05, 3.63) is 18.3 Å². The van der Waals surface area contributed by atoms with Gasteiger partial charge in [-0.2, -0.15) is 4.31 Å². The third-order valence-electron chi connectivity index (χ3n) is 6.90. The highest BCUT2D eigenvalue weighted by atomic mass is 32.2. The predicted molar refractivity (Wildman–Crippen MR) is 123 cm³/mol. The summed E-state index contributed by atoms with van der Waals surface area (Å²) in [6.07, 6.45) is 6.68. The molecule has 2 aliphatic rings. The van der Waals surface area contributed by atoms with E-state index in [0.29, 0.717) is 24.3 Å². The van der Waals surface area contributed by atoms with Gasteiger partial charge < -0.3 is 9.80 Å². The summed E-state index contributed by atoms with van der Waals surface area (Å²) < 4.78 is 28.3. The second-order valence-electron chi connectivity index (χ2n) is 10.5. The number of anilines is 1. The Morgan fingerprint density at radius 1 is 1.16 bits per heavy atom. The fourth-order valence-electron chi connectivity index (χ4n) is 4.55. The monoisotopic (exact) mass is 450 g/mol. The molecule has 2 fully saturated rings. The van der Waals surface area contributed by atoms with E-state index in [9.17, 15) is 13.2 Å². The van der Waals surface area contributed by atoms with Crippen LogP contribution >= 0.6 is 0 Å². The van der Waals surface area contributed by atoms with Crippen LogP contribution in [0.4, 0.5) is 5.82 Å². The lowest BCUT2D eigenvalue weighted by Crippen LogP contribution is -2.51. The maximum Gasteiger partial charge on any atom is 0.244 e. The van der Waals surface area contributed by atoms with Gasteiger partial charge in [-0.1, -0.05) is 20.8 Å². The summed E-state index contributed by atoms with van der Waals surface area (Å²) in [6.45, 7) is 12.7. The molecule has 2 aliphatic heterocycles. The van der Waals surface area contributed by atoms with Crippen LogP contribution in [0, 0.1) is 10.8 Å². The predicted octanol–water partition coefficient (Wildman–Crippen LogP) is 3.37. The lowest BCUT2D eigenvalue weighted by molar-refractivity contribution is -0.116. The molecule has 0 unspecified atom stereocenters. The first-order valence-corrected chi connectivity index (χ1v) is 12.8. The average molecular weight is 451 g/mol. The zero-order valence-electron chi connectivity index (χ0n) is 19.7. The van der Waals surface area contributed by atoms with Gasteiger partial charge in [-0.3, -0.25) is 4.79 Å². The molecule has 1 aromatic heterocycles. The molecule has 0 N–H and O–H groups in total. The molecule has 0 saturated carbocycles. The number of aromatic nitrogens is 1. The summed E-state index contributed by atoms with van der Waals surface area (Å²) in [7, 11) is -1.96. The van der Waals surface area contributed by atoms with Gasteiger partial charge in [0.2, 0.25) is 15.9 Å². The van der Waals surface area contributed by atoms with Crippen LogP contribution < -0.4 is 4.90 Å². The lowest BCUT2D eigenvalue weighted by Gasteiger charge is -2.47. The zero-order valence-corrected chi connectivity index (χ0v) is 20.5. The van der Waals surface area contributed by atoms with Crippen molar-refractivity contribution in [3.63, 3.8) is 0 Å². The number of hydrogen-bond donors (Lipinski definition) is 0. The molecule has 0 aliphatic carbocycles. The first-order chi connectivity index (χ1) is 14.4. The van der Waals surface area contributed by atoms with Crippen LogP contribution in [0.25, 0.3) is 0 Å². The molecular formula is C23H38N4O3S. The molecule has 7 nitrogen and oxygen atoms in total. The van der Waals surface area contributed by atoms with Crippen molar-refractivity contribution in [3.8, 4) is 0 Å². The van der Waals surface area contributed by atoms with E-state index in [0.717, 1.165) is 45.3 Å². The van der Waals surface area contributed by atoms with E-state index in [4.69, 9.17) is 0 Å². The molecule has 1 aromatic rings. The van der Waals surface area contributed by atoms with Gasteiger partial charge in [0.25, 0.3) is 0 Å². The summed E-state index contributed by atoms with van der Waals surface area (Å²) in [4.78, 5) is 19.9. The van der Waals surface area contributed by atoms with Crippen molar-refractivity contribution in [2.45, 2.75) is 64.7 Å². The normalized spacial score (nSPS) is 20.7. The molecule has 174 valence electrons. The molecule has 3 heterocycles. The second kappa shape index (κ2) is 9.16. The average Bonchev–Trinajstić information content (AvgIpc) is 2.72. The quantitative estimate of drug-likeness (QED) is 0.688. The largest absolute Gasteiger partial charge is 0.303 e. The third-order valence-corrected chi connectivity index (χ3v) is 8.72.